The van der Waals surface area contributed by atoms with Crippen LogP contribution in [0.25, 0.3) is 0 Å². The number of aromatic nitrogens is 2. The Balaban J connectivity index is 1.66. The number of hydrogen-bond donors (Lipinski definition) is 1. The number of esters is 1. The van der Waals surface area contributed by atoms with Gasteiger partial charge in [-0.25, -0.2) is 9.18 Å². The van der Waals surface area contributed by atoms with E-state index in [-0.39, 0.29) is 11.3 Å². The Morgan fingerprint density at radius 2 is 1.83 bits per heavy atom. The van der Waals surface area contributed by atoms with E-state index in [0.29, 0.717) is 23.0 Å². The van der Waals surface area contributed by atoms with Crippen LogP contribution >= 0.6 is 11.6 Å². The van der Waals surface area contributed by atoms with E-state index in [2.05, 4.69) is 10.4 Å². The lowest BCUT2D eigenvalue weighted by atomic mass is 10.2. The Bertz CT molecular complexity index is 1070. The summed E-state index contributed by atoms with van der Waals surface area (Å²) in [5.74, 6) is -1.88. The van der Waals surface area contributed by atoms with Crippen LogP contribution in [0.3, 0.4) is 0 Å². The van der Waals surface area contributed by atoms with E-state index in [0.717, 1.165) is 5.56 Å². The number of nitrogens with zero attached hydrogens (tertiary/aromatic N) is 2. The molecule has 1 amide bonds. The predicted octanol–water partition coefficient (Wildman–Crippen LogP) is 4.14. The van der Waals surface area contributed by atoms with Gasteiger partial charge >= 0.3 is 5.97 Å². The molecule has 1 aromatic heterocycles. The lowest BCUT2D eigenvalue weighted by molar-refractivity contribution is -0.119. The van der Waals surface area contributed by atoms with Crippen LogP contribution in [-0.4, -0.2) is 28.3 Å². The average Bonchev–Trinajstić information content (AvgIpc) is 2.97. The van der Waals surface area contributed by atoms with E-state index in [4.69, 9.17) is 16.3 Å². The van der Waals surface area contributed by atoms with Crippen molar-refractivity contribution in [1.82, 2.24) is 9.78 Å². The van der Waals surface area contributed by atoms with Crippen molar-refractivity contribution in [3.63, 3.8) is 0 Å². The van der Waals surface area contributed by atoms with Crippen LogP contribution < -0.4 is 5.32 Å². The van der Waals surface area contributed by atoms with Crippen molar-refractivity contribution in [2.24, 2.45) is 0 Å². The van der Waals surface area contributed by atoms with Gasteiger partial charge in [-0.1, -0.05) is 41.9 Å². The number of carbonyl (C=O) groups is 2. The van der Waals surface area contributed by atoms with E-state index >= 15 is 0 Å². The minimum absolute atomic E-state index is 0.0217. The molecule has 0 unspecified atom stereocenters. The second-order valence-corrected chi connectivity index (χ2v) is 6.81. The van der Waals surface area contributed by atoms with Gasteiger partial charge in [0.25, 0.3) is 5.91 Å². The highest BCUT2D eigenvalue weighted by atomic mass is 35.5. The first-order valence-corrected chi connectivity index (χ1v) is 9.23. The van der Waals surface area contributed by atoms with E-state index in [1.165, 1.54) is 18.2 Å². The van der Waals surface area contributed by atoms with Gasteiger partial charge in [-0.2, -0.15) is 5.10 Å². The number of carbonyl (C=O) groups excluding carboxylic acids is 2. The number of para-hydroxylation sites is 1. The van der Waals surface area contributed by atoms with E-state index in [1.807, 2.05) is 18.2 Å². The van der Waals surface area contributed by atoms with E-state index in [1.54, 1.807) is 30.7 Å². The number of hydrogen-bond acceptors (Lipinski definition) is 4. The topological polar surface area (TPSA) is 73.2 Å². The molecule has 150 valence electrons. The van der Waals surface area contributed by atoms with Gasteiger partial charge in [-0.15, -0.1) is 0 Å². The van der Waals surface area contributed by atoms with Gasteiger partial charge < -0.3 is 10.1 Å². The molecular weight excluding hydrogens is 397 g/mol. The maximum absolute atomic E-state index is 13.6. The van der Waals surface area contributed by atoms with Gasteiger partial charge in [-0.3, -0.25) is 9.48 Å². The fourth-order valence-corrected chi connectivity index (χ4v) is 3.08. The number of rotatable bonds is 6. The maximum Gasteiger partial charge on any atom is 0.342 e. The van der Waals surface area contributed by atoms with Crippen molar-refractivity contribution in [3.8, 4) is 0 Å². The molecule has 0 aliphatic rings. The zero-order chi connectivity index (χ0) is 21.0. The minimum atomic E-state index is -0.672. The summed E-state index contributed by atoms with van der Waals surface area (Å²) in [4.78, 5) is 24.5. The third kappa shape index (κ3) is 4.81. The third-order valence-electron chi connectivity index (χ3n) is 4.35. The highest BCUT2D eigenvalue weighted by Crippen LogP contribution is 2.20. The molecule has 0 radical (unpaired) electrons. The van der Waals surface area contributed by atoms with Crippen LogP contribution in [0, 0.1) is 19.7 Å². The Morgan fingerprint density at radius 1 is 1.14 bits per heavy atom. The zero-order valence-corrected chi connectivity index (χ0v) is 16.7. The van der Waals surface area contributed by atoms with Crippen LogP contribution in [-0.2, 0) is 16.1 Å². The lowest BCUT2D eigenvalue weighted by Crippen LogP contribution is -2.22. The molecule has 1 heterocycles. The van der Waals surface area contributed by atoms with Gasteiger partial charge in [0, 0.05) is 5.02 Å². The molecule has 6 nitrogen and oxygen atoms in total. The summed E-state index contributed by atoms with van der Waals surface area (Å²) < 4.78 is 20.3. The molecule has 0 saturated heterocycles. The Kier molecular flexibility index (Phi) is 6.29. The molecule has 1 N–H and O–H groups in total. The third-order valence-corrected chi connectivity index (χ3v) is 4.71. The summed E-state index contributed by atoms with van der Waals surface area (Å²) >= 11 is 6.19. The molecule has 0 aliphatic carbocycles. The molecule has 0 fully saturated rings. The van der Waals surface area contributed by atoms with Crippen LogP contribution in [0.5, 0.6) is 0 Å². The van der Waals surface area contributed by atoms with Crippen LogP contribution in [0.2, 0.25) is 5.02 Å². The first-order valence-electron chi connectivity index (χ1n) is 8.85. The largest absolute Gasteiger partial charge is 0.452 e. The predicted molar refractivity (Wildman–Crippen MR) is 108 cm³/mol. The van der Waals surface area contributed by atoms with Crippen LogP contribution in [0.1, 0.15) is 27.3 Å². The quantitative estimate of drug-likeness (QED) is 0.614. The first kappa shape index (κ1) is 20.5. The van der Waals surface area contributed by atoms with Crippen LogP contribution in [0.4, 0.5) is 10.1 Å². The number of amides is 1. The van der Waals surface area contributed by atoms with Crippen molar-refractivity contribution in [3.05, 3.63) is 81.9 Å². The minimum Gasteiger partial charge on any atom is -0.452 e. The van der Waals surface area contributed by atoms with Crippen molar-refractivity contribution in [2.45, 2.75) is 20.4 Å². The monoisotopic (exact) mass is 415 g/mol. The number of halogens is 2. The van der Waals surface area contributed by atoms with Crippen molar-refractivity contribution in [2.75, 3.05) is 11.9 Å². The van der Waals surface area contributed by atoms with Gasteiger partial charge in [-0.05, 0) is 37.6 Å². The molecule has 0 aliphatic heterocycles. The Morgan fingerprint density at radius 3 is 2.55 bits per heavy atom. The second kappa shape index (κ2) is 8.87. The normalized spacial score (nSPS) is 10.6. The van der Waals surface area contributed by atoms with Gasteiger partial charge in [0.1, 0.15) is 11.4 Å². The highest BCUT2D eigenvalue weighted by Gasteiger charge is 2.21. The smallest absolute Gasteiger partial charge is 0.342 e. The average molecular weight is 416 g/mol. The first-order chi connectivity index (χ1) is 13.9. The molecule has 2 aromatic carbocycles. The summed E-state index contributed by atoms with van der Waals surface area (Å²) in [5.41, 5.74) is 2.25. The fourth-order valence-electron chi connectivity index (χ4n) is 2.89. The Hall–Kier alpha value is -3.19. The maximum atomic E-state index is 13.6. The number of benzene rings is 2. The van der Waals surface area contributed by atoms with Gasteiger partial charge in [0.2, 0.25) is 0 Å². The summed E-state index contributed by atoms with van der Waals surface area (Å²) in [5, 5.41) is 7.35. The van der Waals surface area contributed by atoms with E-state index in [9.17, 15) is 14.0 Å². The molecule has 0 saturated carbocycles. The number of anilines is 1. The summed E-state index contributed by atoms with van der Waals surface area (Å²) in [7, 11) is 0. The molecule has 0 bridgehead atoms. The molecule has 3 aromatic rings. The molecule has 8 heteroatoms. The summed E-state index contributed by atoms with van der Waals surface area (Å²) in [6.45, 7) is 3.29. The number of aryl methyl sites for hydroxylation is 1. The molecule has 0 spiro atoms. The van der Waals surface area contributed by atoms with Crippen LogP contribution in [0.15, 0.2) is 48.5 Å². The fraction of sp³-hybridized carbons (Fsp3) is 0.190. The lowest BCUT2D eigenvalue weighted by Gasteiger charge is -2.08. The number of nitrogens with one attached hydrogen (secondary N) is 1. The summed E-state index contributed by atoms with van der Waals surface area (Å²) in [6, 6.07) is 13.1. The molecule has 29 heavy (non-hydrogen) atoms. The van der Waals surface area contributed by atoms with Crippen molar-refractivity contribution in [1.29, 1.82) is 0 Å². The molecule has 0 atom stereocenters. The van der Waals surface area contributed by atoms with Gasteiger partial charge in [0.15, 0.2) is 6.61 Å². The van der Waals surface area contributed by atoms with Crippen molar-refractivity contribution < 1.29 is 18.7 Å². The van der Waals surface area contributed by atoms with Crippen molar-refractivity contribution >= 4 is 29.2 Å². The van der Waals surface area contributed by atoms with E-state index < -0.39 is 24.3 Å². The zero-order valence-electron chi connectivity index (χ0n) is 15.9. The highest BCUT2D eigenvalue weighted by molar-refractivity contribution is 6.31. The number of ether oxygens (including phenoxy) is 1. The van der Waals surface area contributed by atoms with Gasteiger partial charge in [0.05, 0.1) is 23.6 Å². The molecule has 3 rings (SSSR count). The standard InChI is InChI=1S/C21H19ClFN3O3/c1-13-20(14(2)26(25-13)11-15-7-3-4-8-16(15)22)21(28)29-12-19(27)24-18-10-6-5-9-17(18)23/h3-10H,11-12H2,1-2H3,(H,24,27). The SMILES string of the molecule is Cc1nn(Cc2ccccc2Cl)c(C)c1C(=O)OCC(=O)Nc1ccccc1F. The second-order valence-electron chi connectivity index (χ2n) is 6.40. The Labute approximate surface area is 172 Å². The molecular formula is C21H19ClFN3O3. The summed E-state index contributed by atoms with van der Waals surface area (Å²) in [6.07, 6.45) is 0.